The largest absolute Gasteiger partial charge is 0.298 e. The summed E-state index contributed by atoms with van der Waals surface area (Å²) in [5.74, 6) is -0.0712. The van der Waals surface area contributed by atoms with Crippen LogP contribution in [0.15, 0.2) is 42.5 Å². The van der Waals surface area contributed by atoms with E-state index in [4.69, 9.17) is 0 Å². The highest BCUT2D eigenvalue weighted by atomic mass is 16.1. The van der Waals surface area contributed by atoms with Gasteiger partial charge in [0.1, 0.15) is 0 Å². The number of carbonyl (C=O) groups is 2. The van der Waals surface area contributed by atoms with Gasteiger partial charge in [-0.1, -0.05) is 42.5 Å². The van der Waals surface area contributed by atoms with Crippen molar-refractivity contribution in [3.05, 3.63) is 70.3 Å². The zero-order chi connectivity index (χ0) is 18.1. The molecule has 3 heteroatoms. The number of carbonyl (C=O) groups excluding carboxylic acids is 2. The first-order valence-corrected chi connectivity index (χ1v) is 8.98. The van der Waals surface area contributed by atoms with Gasteiger partial charge in [0.15, 0.2) is 11.6 Å². The maximum Gasteiger partial charge on any atom is 0.194 e. The first kappa shape index (κ1) is 17.6. The van der Waals surface area contributed by atoms with Crippen LogP contribution in [0, 0.1) is 0 Å². The van der Waals surface area contributed by atoms with E-state index in [1.165, 1.54) is 0 Å². The van der Waals surface area contributed by atoms with Crippen molar-refractivity contribution in [2.75, 3.05) is 6.54 Å². The molecule has 0 saturated carbocycles. The topological polar surface area (TPSA) is 37.4 Å². The molecule has 0 unspecified atom stereocenters. The van der Waals surface area contributed by atoms with Crippen molar-refractivity contribution in [3.8, 4) is 0 Å². The standard InChI is InChI=1S/C22H25NO2/c1-14(2)23(15(3)4)13-12-16-8-7-11-19-20(16)22(25)18-10-6-5-9-17(18)21(19)24/h5-11,14-15H,12-13H2,1-4H3. The van der Waals surface area contributed by atoms with Crippen molar-refractivity contribution in [2.45, 2.75) is 46.2 Å². The lowest BCUT2D eigenvalue weighted by Crippen LogP contribution is -2.38. The second-order valence-electron chi connectivity index (χ2n) is 7.22. The van der Waals surface area contributed by atoms with Crippen LogP contribution < -0.4 is 0 Å². The van der Waals surface area contributed by atoms with Crippen LogP contribution in [0.1, 0.15) is 65.1 Å². The molecule has 0 aromatic heterocycles. The van der Waals surface area contributed by atoms with Crippen molar-refractivity contribution in [1.29, 1.82) is 0 Å². The van der Waals surface area contributed by atoms with Gasteiger partial charge in [-0.3, -0.25) is 14.5 Å². The first-order chi connectivity index (χ1) is 11.9. The summed E-state index contributed by atoms with van der Waals surface area (Å²) in [6, 6.07) is 13.7. The van der Waals surface area contributed by atoms with Gasteiger partial charge in [-0.25, -0.2) is 0 Å². The van der Waals surface area contributed by atoms with E-state index in [0.717, 1.165) is 18.5 Å². The summed E-state index contributed by atoms with van der Waals surface area (Å²) in [5, 5.41) is 0. The van der Waals surface area contributed by atoms with E-state index in [1.807, 2.05) is 24.3 Å². The van der Waals surface area contributed by atoms with E-state index in [1.54, 1.807) is 18.2 Å². The number of hydrogen-bond donors (Lipinski definition) is 0. The molecule has 0 N–H and O–H groups in total. The lowest BCUT2D eigenvalue weighted by atomic mass is 9.81. The molecule has 0 spiro atoms. The van der Waals surface area contributed by atoms with E-state index in [-0.39, 0.29) is 11.6 Å². The highest BCUT2D eigenvalue weighted by Crippen LogP contribution is 2.29. The van der Waals surface area contributed by atoms with Gasteiger partial charge in [0.2, 0.25) is 0 Å². The molecule has 130 valence electrons. The van der Waals surface area contributed by atoms with Crippen LogP contribution in [0.25, 0.3) is 0 Å². The minimum Gasteiger partial charge on any atom is -0.298 e. The summed E-state index contributed by atoms with van der Waals surface area (Å²) < 4.78 is 0. The van der Waals surface area contributed by atoms with Gasteiger partial charge in [0.25, 0.3) is 0 Å². The Morgan fingerprint density at radius 1 is 0.760 bits per heavy atom. The molecule has 3 nitrogen and oxygen atoms in total. The molecule has 0 atom stereocenters. The maximum atomic E-state index is 13.0. The van der Waals surface area contributed by atoms with Crippen LogP contribution in [0.3, 0.4) is 0 Å². The quantitative estimate of drug-likeness (QED) is 0.704. The Morgan fingerprint density at radius 2 is 1.32 bits per heavy atom. The lowest BCUT2D eigenvalue weighted by Gasteiger charge is -2.31. The summed E-state index contributed by atoms with van der Waals surface area (Å²) in [6.07, 6.45) is 0.765. The van der Waals surface area contributed by atoms with Crippen LogP contribution in [0.2, 0.25) is 0 Å². The second kappa shape index (κ2) is 6.93. The molecule has 2 aromatic carbocycles. The van der Waals surface area contributed by atoms with Crippen LogP contribution in [0.4, 0.5) is 0 Å². The molecule has 0 bridgehead atoms. The first-order valence-electron chi connectivity index (χ1n) is 8.98. The highest BCUT2D eigenvalue weighted by molar-refractivity contribution is 6.28. The molecular formula is C22H25NO2. The van der Waals surface area contributed by atoms with Gasteiger partial charge in [-0.15, -0.1) is 0 Å². The predicted octanol–water partition coefficient (Wildman–Crippen LogP) is 4.12. The molecule has 3 rings (SSSR count). The Hall–Kier alpha value is -2.26. The fraction of sp³-hybridized carbons (Fsp3) is 0.364. The number of ketones is 2. The zero-order valence-electron chi connectivity index (χ0n) is 15.4. The van der Waals surface area contributed by atoms with Gasteiger partial charge in [-0.2, -0.15) is 0 Å². The summed E-state index contributed by atoms with van der Waals surface area (Å²) >= 11 is 0. The molecule has 1 aliphatic carbocycles. The normalized spacial score (nSPS) is 13.6. The highest BCUT2D eigenvalue weighted by Gasteiger charge is 2.31. The minimum absolute atomic E-state index is 0.0264. The number of fused-ring (bicyclic) bond motifs is 2. The smallest absolute Gasteiger partial charge is 0.194 e. The van der Waals surface area contributed by atoms with Gasteiger partial charge >= 0.3 is 0 Å². The third-order valence-corrected chi connectivity index (χ3v) is 5.00. The molecule has 0 heterocycles. The Morgan fingerprint density at radius 3 is 1.92 bits per heavy atom. The van der Waals surface area contributed by atoms with Crippen LogP contribution >= 0.6 is 0 Å². The molecule has 0 radical (unpaired) electrons. The van der Waals surface area contributed by atoms with Crippen molar-refractivity contribution < 1.29 is 9.59 Å². The molecule has 2 aromatic rings. The van der Waals surface area contributed by atoms with E-state index in [9.17, 15) is 9.59 Å². The zero-order valence-corrected chi connectivity index (χ0v) is 15.4. The second-order valence-corrected chi connectivity index (χ2v) is 7.22. The van der Waals surface area contributed by atoms with E-state index in [2.05, 4.69) is 32.6 Å². The van der Waals surface area contributed by atoms with E-state index in [0.29, 0.717) is 34.3 Å². The van der Waals surface area contributed by atoms with Crippen molar-refractivity contribution >= 4 is 11.6 Å². The average Bonchev–Trinajstić information content (AvgIpc) is 2.59. The Bertz CT molecular complexity index is 813. The maximum absolute atomic E-state index is 13.0. The minimum atomic E-state index is -0.0448. The van der Waals surface area contributed by atoms with Crippen molar-refractivity contribution in [2.24, 2.45) is 0 Å². The Balaban J connectivity index is 1.97. The van der Waals surface area contributed by atoms with Crippen LogP contribution in [0.5, 0.6) is 0 Å². The van der Waals surface area contributed by atoms with Gasteiger partial charge in [0.05, 0.1) is 0 Å². The lowest BCUT2D eigenvalue weighted by molar-refractivity contribution is 0.0978. The van der Waals surface area contributed by atoms with Gasteiger partial charge in [0, 0.05) is 40.9 Å². The van der Waals surface area contributed by atoms with Crippen LogP contribution in [-0.2, 0) is 6.42 Å². The third-order valence-electron chi connectivity index (χ3n) is 5.00. The van der Waals surface area contributed by atoms with Gasteiger partial charge in [-0.05, 0) is 39.7 Å². The average molecular weight is 335 g/mol. The number of benzene rings is 2. The summed E-state index contributed by atoms with van der Waals surface area (Å²) in [4.78, 5) is 28.2. The van der Waals surface area contributed by atoms with Gasteiger partial charge < -0.3 is 0 Å². The molecule has 0 amide bonds. The van der Waals surface area contributed by atoms with E-state index >= 15 is 0 Å². The monoisotopic (exact) mass is 335 g/mol. The molecule has 0 aliphatic heterocycles. The molecular weight excluding hydrogens is 310 g/mol. The van der Waals surface area contributed by atoms with E-state index < -0.39 is 0 Å². The summed E-state index contributed by atoms with van der Waals surface area (Å²) in [5.41, 5.74) is 3.15. The molecule has 0 saturated heterocycles. The number of nitrogens with zero attached hydrogens (tertiary/aromatic N) is 1. The molecule has 25 heavy (non-hydrogen) atoms. The number of hydrogen-bond acceptors (Lipinski definition) is 3. The molecule has 1 aliphatic rings. The van der Waals surface area contributed by atoms with Crippen LogP contribution in [-0.4, -0.2) is 35.1 Å². The molecule has 0 fully saturated rings. The fourth-order valence-electron chi connectivity index (χ4n) is 3.79. The fourth-order valence-corrected chi connectivity index (χ4v) is 3.79. The van der Waals surface area contributed by atoms with Crippen molar-refractivity contribution in [3.63, 3.8) is 0 Å². The number of rotatable bonds is 5. The predicted molar refractivity (Wildman–Crippen MR) is 100 cm³/mol. The Labute approximate surface area is 149 Å². The summed E-state index contributed by atoms with van der Waals surface area (Å²) in [6.45, 7) is 9.61. The Kier molecular flexibility index (Phi) is 4.87. The third kappa shape index (κ3) is 3.16. The van der Waals surface area contributed by atoms with Crippen molar-refractivity contribution in [1.82, 2.24) is 4.90 Å². The summed E-state index contributed by atoms with van der Waals surface area (Å²) in [7, 11) is 0. The SMILES string of the molecule is CC(C)N(CCc1cccc2c1C(=O)c1ccccc1C2=O)C(C)C.